The first-order valence-electron chi connectivity index (χ1n) is 8.73. The van der Waals surface area contributed by atoms with E-state index in [0.717, 1.165) is 16.9 Å². The normalized spacial score (nSPS) is 32.3. The fraction of sp³-hybridized carbons (Fsp3) is 0.474. The average Bonchev–Trinajstić information content (AvgIpc) is 3.33. The number of aromatic nitrogens is 1. The van der Waals surface area contributed by atoms with Crippen LogP contribution in [-0.4, -0.2) is 23.3 Å². The number of ether oxygens (including phenoxy) is 1. The highest BCUT2D eigenvalue weighted by molar-refractivity contribution is 8.00. The second-order valence-corrected chi connectivity index (χ2v) is 9.50. The van der Waals surface area contributed by atoms with Crippen molar-refractivity contribution in [2.45, 2.75) is 35.5 Å². The van der Waals surface area contributed by atoms with Crippen molar-refractivity contribution in [1.29, 1.82) is 0 Å². The van der Waals surface area contributed by atoms with E-state index >= 15 is 0 Å². The van der Waals surface area contributed by atoms with Gasteiger partial charge in [-0.1, -0.05) is 23.5 Å². The van der Waals surface area contributed by atoms with Crippen molar-refractivity contribution in [3.05, 3.63) is 49.9 Å². The largest absolute Gasteiger partial charge is 0.465 e. The quantitative estimate of drug-likeness (QED) is 0.812. The van der Waals surface area contributed by atoms with Crippen LogP contribution in [0, 0.1) is 17.8 Å². The summed E-state index contributed by atoms with van der Waals surface area (Å²) in [5.74, 6) is 2.11. The number of thiazole rings is 1. The summed E-state index contributed by atoms with van der Waals surface area (Å²) in [6.45, 7) is 0. The zero-order valence-corrected chi connectivity index (χ0v) is 15.5. The van der Waals surface area contributed by atoms with Gasteiger partial charge in [0.05, 0.1) is 17.7 Å². The Morgan fingerprint density at radius 1 is 1.20 bits per heavy atom. The van der Waals surface area contributed by atoms with Crippen molar-refractivity contribution < 1.29 is 9.53 Å². The molecule has 0 spiro atoms. The number of benzene rings is 1. The molecule has 1 N–H and O–H groups in total. The molecule has 5 rings (SSSR count). The summed E-state index contributed by atoms with van der Waals surface area (Å²) in [5, 5.41) is 1.69. The fourth-order valence-electron chi connectivity index (χ4n) is 5.17. The molecule has 6 heteroatoms. The number of esters is 1. The first-order chi connectivity index (χ1) is 12.2. The summed E-state index contributed by atoms with van der Waals surface area (Å²) in [6.07, 6.45) is 3.98. The van der Waals surface area contributed by atoms with Crippen LogP contribution >= 0.6 is 23.1 Å². The first-order valence-corrected chi connectivity index (χ1v) is 10.4. The predicted octanol–water partition coefficient (Wildman–Crippen LogP) is 3.88. The number of hydrogen-bond acceptors (Lipinski definition) is 5. The molecule has 0 amide bonds. The number of fused-ring (bicyclic) bond motifs is 6. The second-order valence-electron chi connectivity index (χ2n) is 7.29. The van der Waals surface area contributed by atoms with Crippen LogP contribution in [0.25, 0.3) is 0 Å². The van der Waals surface area contributed by atoms with Gasteiger partial charge in [-0.15, -0.1) is 11.8 Å². The minimum Gasteiger partial charge on any atom is -0.465 e. The van der Waals surface area contributed by atoms with Crippen LogP contribution < -0.4 is 4.87 Å². The molecule has 2 fully saturated rings. The second kappa shape index (κ2) is 5.74. The van der Waals surface area contributed by atoms with Gasteiger partial charge in [0.15, 0.2) is 0 Å². The van der Waals surface area contributed by atoms with E-state index in [1.54, 1.807) is 0 Å². The van der Waals surface area contributed by atoms with Gasteiger partial charge in [-0.25, -0.2) is 4.79 Å². The predicted molar refractivity (Wildman–Crippen MR) is 98.5 cm³/mol. The van der Waals surface area contributed by atoms with Crippen molar-refractivity contribution in [3.63, 3.8) is 0 Å². The van der Waals surface area contributed by atoms with E-state index < -0.39 is 0 Å². The maximum Gasteiger partial charge on any atom is 0.337 e. The number of carbonyl (C=O) groups excluding carboxylic acids is 1. The molecule has 2 saturated carbocycles. The SMILES string of the molecule is COC(=O)c1ccc([C@@H]2c3sc(=O)[nH]c3S[C@@H]3[C@H]4CC[C@@H](C4)[C@H]23)cc1. The Labute approximate surface area is 154 Å². The van der Waals surface area contributed by atoms with Crippen LogP contribution in [0.2, 0.25) is 0 Å². The number of thioether (sulfide) groups is 1. The third-order valence-electron chi connectivity index (χ3n) is 6.16. The average molecular weight is 373 g/mol. The monoisotopic (exact) mass is 373 g/mol. The van der Waals surface area contributed by atoms with E-state index in [9.17, 15) is 9.59 Å². The van der Waals surface area contributed by atoms with E-state index in [0.29, 0.717) is 16.7 Å². The Bertz CT molecular complexity index is 885. The molecule has 1 aliphatic heterocycles. The molecule has 2 aromatic rings. The molecule has 25 heavy (non-hydrogen) atoms. The number of H-pyrrole nitrogens is 1. The maximum absolute atomic E-state index is 12.0. The van der Waals surface area contributed by atoms with Crippen LogP contribution in [0.4, 0.5) is 0 Å². The number of carbonyl (C=O) groups is 1. The van der Waals surface area contributed by atoms with Crippen LogP contribution in [0.5, 0.6) is 0 Å². The van der Waals surface area contributed by atoms with Crippen molar-refractivity contribution in [2.75, 3.05) is 7.11 Å². The van der Waals surface area contributed by atoms with Crippen molar-refractivity contribution in [2.24, 2.45) is 17.8 Å². The number of hydrogen-bond donors (Lipinski definition) is 1. The molecule has 0 radical (unpaired) electrons. The van der Waals surface area contributed by atoms with E-state index in [2.05, 4.69) is 4.98 Å². The lowest BCUT2D eigenvalue weighted by Crippen LogP contribution is -2.33. The van der Waals surface area contributed by atoms with Gasteiger partial charge >= 0.3 is 10.8 Å². The van der Waals surface area contributed by atoms with Gasteiger partial charge in [0.25, 0.3) is 0 Å². The Kier molecular flexibility index (Phi) is 3.61. The van der Waals surface area contributed by atoms with Gasteiger partial charge in [-0.2, -0.15) is 0 Å². The van der Waals surface area contributed by atoms with Crippen molar-refractivity contribution >= 4 is 29.1 Å². The molecule has 1 aromatic heterocycles. The third kappa shape index (κ3) is 2.34. The lowest BCUT2D eigenvalue weighted by molar-refractivity contribution is 0.0600. The summed E-state index contributed by atoms with van der Waals surface area (Å²) in [7, 11) is 1.40. The molecule has 4 nitrogen and oxygen atoms in total. The summed E-state index contributed by atoms with van der Waals surface area (Å²) in [6, 6.07) is 7.79. The molecule has 0 saturated heterocycles. The summed E-state index contributed by atoms with van der Waals surface area (Å²) in [5.41, 5.74) is 1.79. The number of rotatable bonds is 2. The highest BCUT2D eigenvalue weighted by Crippen LogP contribution is 2.63. The van der Waals surface area contributed by atoms with Gasteiger partial charge in [-0.05, 0) is 54.7 Å². The van der Waals surface area contributed by atoms with Gasteiger partial charge in [0.2, 0.25) is 0 Å². The minimum atomic E-state index is -0.310. The van der Waals surface area contributed by atoms with Gasteiger partial charge in [0, 0.05) is 16.0 Å². The van der Waals surface area contributed by atoms with E-state index in [4.69, 9.17) is 4.74 Å². The van der Waals surface area contributed by atoms with E-state index in [1.165, 1.54) is 48.1 Å². The summed E-state index contributed by atoms with van der Waals surface area (Å²) < 4.78 is 4.80. The molecule has 2 bridgehead atoms. The lowest BCUT2D eigenvalue weighted by Gasteiger charge is -2.40. The minimum absolute atomic E-state index is 0.0426. The maximum atomic E-state index is 12.0. The molecule has 2 aliphatic carbocycles. The van der Waals surface area contributed by atoms with Crippen LogP contribution in [0.3, 0.4) is 0 Å². The summed E-state index contributed by atoms with van der Waals surface area (Å²) in [4.78, 5) is 28.0. The fourth-order valence-corrected chi connectivity index (χ4v) is 8.06. The van der Waals surface area contributed by atoms with Crippen LogP contribution in [0.1, 0.15) is 46.0 Å². The van der Waals surface area contributed by atoms with Gasteiger partial charge in [0.1, 0.15) is 0 Å². The highest BCUT2D eigenvalue weighted by atomic mass is 32.2. The standard InChI is InChI=1S/C19H19NO3S2/c1-23-18(21)10-4-2-9(3-5-10)13-14-11-6-7-12(8-11)15(14)24-17-16(13)25-19(22)20-17/h2-5,11-15H,6-8H2,1H3,(H,20,22)/t11-,12-,13-,14+,15+/m0/s1. The summed E-state index contributed by atoms with van der Waals surface area (Å²) >= 11 is 3.26. The van der Waals surface area contributed by atoms with Gasteiger partial charge < -0.3 is 9.72 Å². The molecule has 2 heterocycles. The molecule has 0 unspecified atom stereocenters. The third-order valence-corrected chi connectivity index (χ3v) is 8.78. The smallest absolute Gasteiger partial charge is 0.337 e. The van der Waals surface area contributed by atoms with Gasteiger partial charge in [-0.3, -0.25) is 4.79 Å². The highest BCUT2D eigenvalue weighted by Gasteiger charge is 2.54. The van der Waals surface area contributed by atoms with E-state index in [-0.39, 0.29) is 16.8 Å². The number of aromatic amines is 1. The first kappa shape index (κ1) is 15.7. The molecular formula is C19H19NO3S2. The van der Waals surface area contributed by atoms with Crippen LogP contribution in [0.15, 0.2) is 34.1 Å². The Hall–Kier alpha value is -1.53. The molecule has 3 aliphatic rings. The zero-order valence-electron chi connectivity index (χ0n) is 13.9. The Morgan fingerprint density at radius 3 is 2.72 bits per heavy atom. The Morgan fingerprint density at radius 2 is 1.96 bits per heavy atom. The van der Waals surface area contributed by atoms with Crippen molar-refractivity contribution in [3.8, 4) is 0 Å². The topological polar surface area (TPSA) is 59.2 Å². The van der Waals surface area contributed by atoms with E-state index in [1.807, 2.05) is 36.0 Å². The lowest BCUT2D eigenvalue weighted by atomic mass is 9.75. The number of nitrogens with one attached hydrogen (secondary N) is 1. The Balaban J connectivity index is 1.60. The molecular weight excluding hydrogens is 354 g/mol. The molecule has 130 valence electrons. The number of methoxy groups -OCH3 is 1. The van der Waals surface area contributed by atoms with Crippen LogP contribution in [-0.2, 0) is 4.74 Å². The van der Waals surface area contributed by atoms with Crippen molar-refractivity contribution in [1.82, 2.24) is 4.98 Å². The zero-order chi connectivity index (χ0) is 17.1. The molecule has 1 aromatic carbocycles. The molecule has 5 atom stereocenters.